The monoisotopic (exact) mass is 273 g/mol. The number of halogens is 2. The molecule has 3 rings (SSSR count). The average molecular weight is 273 g/mol. The topological polar surface area (TPSA) is 21.6 Å². The third-order valence-corrected chi connectivity index (χ3v) is 3.29. The molecule has 2 nitrogen and oxygen atoms in total. The Bertz CT molecular complexity index is 620. The van der Waals surface area contributed by atoms with Gasteiger partial charge in [0.15, 0.2) is 0 Å². The Morgan fingerprint density at radius 2 is 1.55 bits per heavy atom. The first-order valence-corrected chi connectivity index (χ1v) is 6.44. The van der Waals surface area contributed by atoms with E-state index in [0.717, 1.165) is 16.8 Å². The van der Waals surface area contributed by atoms with Gasteiger partial charge in [-0.3, -0.25) is 0 Å². The lowest BCUT2D eigenvalue weighted by Gasteiger charge is -2.07. The normalized spacial score (nSPS) is 17.7. The maximum absolute atomic E-state index is 12.9. The van der Waals surface area contributed by atoms with Crippen molar-refractivity contribution in [3.8, 4) is 0 Å². The minimum absolute atomic E-state index is 0.0551. The highest BCUT2D eigenvalue weighted by atomic mass is 19.1. The quantitative estimate of drug-likeness (QED) is 0.835. The van der Waals surface area contributed by atoms with Gasteiger partial charge < -0.3 is 4.84 Å². The second kappa shape index (κ2) is 5.41. The Morgan fingerprint density at radius 3 is 2.20 bits per heavy atom. The van der Waals surface area contributed by atoms with Crippen molar-refractivity contribution in [2.75, 3.05) is 0 Å². The second-order valence-corrected chi connectivity index (χ2v) is 4.81. The standard InChI is InChI=1S/C16H13F2NO/c17-13-5-1-11(2-6-13)9-15-10-16(19-20-15)12-3-7-14(18)8-4-12/h1-8,15H,9-10H2. The van der Waals surface area contributed by atoms with E-state index in [9.17, 15) is 8.78 Å². The Hall–Kier alpha value is -2.23. The van der Waals surface area contributed by atoms with Gasteiger partial charge in [0, 0.05) is 12.8 Å². The summed E-state index contributed by atoms with van der Waals surface area (Å²) < 4.78 is 25.7. The van der Waals surface area contributed by atoms with E-state index in [0.29, 0.717) is 12.8 Å². The average Bonchev–Trinajstić information content (AvgIpc) is 2.91. The van der Waals surface area contributed by atoms with Gasteiger partial charge in [-0.25, -0.2) is 8.78 Å². The zero-order valence-electron chi connectivity index (χ0n) is 10.7. The molecule has 1 unspecified atom stereocenters. The van der Waals surface area contributed by atoms with E-state index in [2.05, 4.69) is 5.16 Å². The van der Waals surface area contributed by atoms with Gasteiger partial charge in [0.1, 0.15) is 17.7 Å². The fourth-order valence-electron chi connectivity index (χ4n) is 2.23. The third kappa shape index (κ3) is 2.85. The van der Waals surface area contributed by atoms with Crippen LogP contribution >= 0.6 is 0 Å². The molecule has 0 aliphatic carbocycles. The van der Waals surface area contributed by atoms with E-state index in [1.807, 2.05) is 0 Å². The summed E-state index contributed by atoms with van der Waals surface area (Å²) in [5, 5.41) is 4.05. The first-order chi connectivity index (χ1) is 9.70. The number of hydrogen-bond acceptors (Lipinski definition) is 2. The molecule has 2 aromatic rings. The van der Waals surface area contributed by atoms with Crippen molar-refractivity contribution >= 4 is 5.71 Å². The molecule has 102 valence electrons. The van der Waals surface area contributed by atoms with E-state index < -0.39 is 0 Å². The summed E-state index contributed by atoms with van der Waals surface area (Å²) in [6.07, 6.45) is 1.29. The Kier molecular flexibility index (Phi) is 3.46. The summed E-state index contributed by atoms with van der Waals surface area (Å²) in [6.45, 7) is 0. The number of rotatable bonds is 3. The molecule has 1 aliphatic rings. The van der Waals surface area contributed by atoms with Crippen LogP contribution < -0.4 is 0 Å². The Balaban J connectivity index is 1.64. The molecular formula is C16H13F2NO. The van der Waals surface area contributed by atoms with E-state index in [1.165, 1.54) is 24.3 Å². The van der Waals surface area contributed by atoms with Crippen LogP contribution in [0.2, 0.25) is 0 Å². The van der Waals surface area contributed by atoms with E-state index in [4.69, 9.17) is 4.84 Å². The molecule has 20 heavy (non-hydrogen) atoms. The number of nitrogens with zero attached hydrogens (tertiary/aromatic N) is 1. The Morgan fingerprint density at radius 1 is 0.950 bits per heavy atom. The summed E-state index contributed by atoms with van der Waals surface area (Å²) in [4.78, 5) is 5.38. The number of oxime groups is 1. The zero-order valence-corrected chi connectivity index (χ0v) is 10.7. The fraction of sp³-hybridized carbons (Fsp3) is 0.188. The molecular weight excluding hydrogens is 260 g/mol. The van der Waals surface area contributed by atoms with Gasteiger partial charge in [-0.05, 0) is 35.4 Å². The highest BCUT2D eigenvalue weighted by Gasteiger charge is 2.22. The van der Waals surface area contributed by atoms with Crippen molar-refractivity contribution in [3.05, 3.63) is 71.3 Å². The fourth-order valence-corrected chi connectivity index (χ4v) is 2.23. The molecule has 0 bridgehead atoms. The molecule has 2 aromatic carbocycles. The molecule has 0 spiro atoms. The highest BCUT2D eigenvalue weighted by molar-refractivity contribution is 6.01. The van der Waals surface area contributed by atoms with Crippen LogP contribution in [0.15, 0.2) is 53.7 Å². The van der Waals surface area contributed by atoms with E-state index in [-0.39, 0.29) is 17.7 Å². The van der Waals surface area contributed by atoms with Crippen molar-refractivity contribution in [2.45, 2.75) is 18.9 Å². The molecule has 0 aromatic heterocycles. The van der Waals surface area contributed by atoms with Gasteiger partial charge in [0.05, 0.1) is 5.71 Å². The van der Waals surface area contributed by atoms with Crippen molar-refractivity contribution in [2.24, 2.45) is 5.16 Å². The van der Waals surface area contributed by atoms with Crippen molar-refractivity contribution in [3.63, 3.8) is 0 Å². The van der Waals surface area contributed by atoms with Crippen LogP contribution in [0, 0.1) is 11.6 Å². The predicted octanol–water partition coefficient (Wildman–Crippen LogP) is 3.70. The molecule has 1 heterocycles. The molecule has 1 aliphatic heterocycles. The van der Waals surface area contributed by atoms with Gasteiger partial charge in [0.2, 0.25) is 0 Å². The van der Waals surface area contributed by atoms with E-state index in [1.54, 1.807) is 24.3 Å². The molecule has 0 N–H and O–H groups in total. The van der Waals surface area contributed by atoms with Crippen LogP contribution in [-0.4, -0.2) is 11.8 Å². The van der Waals surface area contributed by atoms with Gasteiger partial charge >= 0.3 is 0 Å². The lowest BCUT2D eigenvalue weighted by atomic mass is 10.0. The Labute approximate surface area is 115 Å². The SMILES string of the molecule is Fc1ccc(CC2CC(c3ccc(F)cc3)=NO2)cc1. The molecule has 4 heteroatoms. The predicted molar refractivity (Wildman–Crippen MR) is 72.5 cm³/mol. The van der Waals surface area contributed by atoms with Crippen LogP contribution in [0.4, 0.5) is 8.78 Å². The van der Waals surface area contributed by atoms with Gasteiger partial charge in [0.25, 0.3) is 0 Å². The smallest absolute Gasteiger partial charge is 0.137 e. The maximum atomic E-state index is 12.9. The third-order valence-electron chi connectivity index (χ3n) is 3.29. The van der Waals surface area contributed by atoms with Crippen LogP contribution in [0.5, 0.6) is 0 Å². The van der Waals surface area contributed by atoms with Gasteiger partial charge in [-0.1, -0.05) is 29.4 Å². The van der Waals surface area contributed by atoms with Gasteiger partial charge in [-0.2, -0.15) is 0 Å². The summed E-state index contributed by atoms with van der Waals surface area (Å²) in [7, 11) is 0. The minimum Gasteiger partial charge on any atom is -0.391 e. The first-order valence-electron chi connectivity index (χ1n) is 6.44. The summed E-state index contributed by atoms with van der Waals surface area (Å²) in [5.41, 5.74) is 2.69. The number of benzene rings is 2. The highest BCUT2D eigenvalue weighted by Crippen LogP contribution is 2.20. The van der Waals surface area contributed by atoms with Crippen molar-refractivity contribution in [1.29, 1.82) is 0 Å². The summed E-state index contributed by atoms with van der Waals surface area (Å²) in [5.74, 6) is -0.513. The molecule has 0 amide bonds. The van der Waals surface area contributed by atoms with Crippen molar-refractivity contribution < 1.29 is 13.6 Å². The molecule has 0 fully saturated rings. The second-order valence-electron chi connectivity index (χ2n) is 4.81. The molecule has 0 saturated carbocycles. The minimum atomic E-state index is -0.267. The van der Waals surface area contributed by atoms with Crippen LogP contribution in [0.1, 0.15) is 17.5 Å². The lowest BCUT2D eigenvalue weighted by molar-refractivity contribution is 0.0859. The first kappa shape index (κ1) is 12.8. The maximum Gasteiger partial charge on any atom is 0.137 e. The number of hydrogen-bond donors (Lipinski definition) is 0. The molecule has 1 atom stereocenters. The van der Waals surface area contributed by atoms with Crippen LogP contribution in [-0.2, 0) is 11.3 Å². The molecule has 0 saturated heterocycles. The molecule has 0 radical (unpaired) electrons. The van der Waals surface area contributed by atoms with Crippen LogP contribution in [0.25, 0.3) is 0 Å². The van der Waals surface area contributed by atoms with E-state index >= 15 is 0 Å². The zero-order chi connectivity index (χ0) is 13.9. The van der Waals surface area contributed by atoms with Crippen LogP contribution in [0.3, 0.4) is 0 Å². The largest absolute Gasteiger partial charge is 0.391 e. The lowest BCUT2D eigenvalue weighted by Crippen LogP contribution is -2.11. The summed E-state index contributed by atoms with van der Waals surface area (Å²) >= 11 is 0. The van der Waals surface area contributed by atoms with Crippen molar-refractivity contribution in [1.82, 2.24) is 0 Å². The summed E-state index contributed by atoms with van der Waals surface area (Å²) in [6, 6.07) is 12.6. The van der Waals surface area contributed by atoms with Gasteiger partial charge in [-0.15, -0.1) is 0 Å².